The minimum absolute atomic E-state index is 0.0375. The third kappa shape index (κ3) is 3.43. The van der Waals surface area contributed by atoms with Gasteiger partial charge in [0.05, 0.1) is 12.1 Å². The summed E-state index contributed by atoms with van der Waals surface area (Å²) in [7, 11) is 0. The molecule has 4 rings (SSSR count). The summed E-state index contributed by atoms with van der Waals surface area (Å²) in [5, 5.41) is 3.46. The molecule has 3 aromatic rings. The maximum atomic E-state index is 13.0. The van der Waals surface area contributed by atoms with Gasteiger partial charge < -0.3 is 10.3 Å². The zero-order valence-corrected chi connectivity index (χ0v) is 15.9. The lowest BCUT2D eigenvalue weighted by molar-refractivity contribution is -0.117. The molecular weight excluding hydrogens is 357 g/mol. The van der Waals surface area contributed by atoms with Crippen molar-refractivity contribution >= 4 is 22.5 Å². The molecule has 1 aliphatic rings. The van der Waals surface area contributed by atoms with Crippen LogP contribution in [0.4, 0.5) is 10.1 Å². The predicted octanol–water partition coefficient (Wildman–Crippen LogP) is 3.28. The van der Waals surface area contributed by atoms with Crippen molar-refractivity contribution in [3.05, 3.63) is 74.8 Å². The summed E-state index contributed by atoms with van der Waals surface area (Å²) in [5.41, 5.74) is 5.44. The molecule has 0 aliphatic carbocycles. The first-order chi connectivity index (χ1) is 13.4. The van der Waals surface area contributed by atoms with Crippen molar-refractivity contribution < 1.29 is 9.18 Å². The van der Waals surface area contributed by atoms with Crippen LogP contribution >= 0.6 is 0 Å². The van der Waals surface area contributed by atoms with E-state index in [1.807, 2.05) is 30.9 Å². The number of nitrogens with one attached hydrogen (secondary N) is 2. The van der Waals surface area contributed by atoms with Crippen molar-refractivity contribution in [2.75, 3.05) is 18.4 Å². The van der Waals surface area contributed by atoms with E-state index in [9.17, 15) is 14.0 Å². The van der Waals surface area contributed by atoms with E-state index < -0.39 is 0 Å². The third-order valence-electron chi connectivity index (χ3n) is 5.45. The minimum Gasteiger partial charge on any atom is -0.358 e. The van der Waals surface area contributed by atoms with Crippen LogP contribution in [0.2, 0.25) is 0 Å². The number of aromatic amines is 1. The number of hydrogen-bond donors (Lipinski definition) is 2. The van der Waals surface area contributed by atoms with E-state index in [4.69, 9.17) is 0 Å². The van der Waals surface area contributed by atoms with Crippen LogP contribution in [0.15, 0.2) is 41.2 Å². The molecule has 0 saturated heterocycles. The molecule has 0 saturated carbocycles. The Morgan fingerprint density at radius 1 is 1.18 bits per heavy atom. The number of aromatic nitrogens is 1. The second-order valence-corrected chi connectivity index (χ2v) is 7.36. The van der Waals surface area contributed by atoms with Crippen LogP contribution in [0, 0.1) is 19.7 Å². The maximum Gasteiger partial charge on any atom is 0.238 e. The largest absolute Gasteiger partial charge is 0.358 e. The van der Waals surface area contributed by atoms with Crippen LogP contribution in [0.5, 0.6) is 0 Å². The molecule has 0 fully saturated rings. The van der Waals surface area contributed by atoms with Gasteiger partial charge in [-0.3, -0.25) is 14.5 Å². The lowest BCUT2D eigenvalue weighted by Gasteiger charge is -2.28. The van der Waals surface area contributed by atoms with E-state index in [0.29, 0.717) is 30.6 Å². The molecular formula is C22H22FN3O2. The van der Waals surface area contributed by atoms with E-state index in [0.717, 1.165) is 27.9 Å². The van der Waals surface area contributed by atoms with Gasteiger partial charge in [-0.25, -0.2) is 4.39 Å². The second-order valence-electron chi connectivity index (χ2n) is 7.36. The Kier molecular flexibility index (Phi) is 4.73. The minimum atomic E-state index is -0.345. The van der Waals surface area contributed by atoms with Gasteiger partial charge in [-0.15, -0.1) is 0 Å². The van der Waals surface area contributed by atoms with Gasteiger partial charge in [-0.2, -0.15) is 0 Å². The molecule has 0 unspecified atom stereocenters. The predicted molar refractivity (Wildman–Crippen MR) is 108 cm³/mol. The SMILES string of the molecule is Cc1ccc2c(=O)c3c([nH]c2c1C)CCN(CC(=O)Nc1ccc(F)cc1)C3. The number of anilines is 1. The number of nitrogens with zero attached hydrogens (tertiary/aromatic N) is 1. The van der Waals surface area contributed by atoms with Gasteiger partial charge in [0.15, 0.2) is 5.43 Å². The Bertz CT molecular complexity index is 1120. The van der Waals surface area contributed by atoms with E-state index in [-0.39, 0.29) is 23.7 Å². The zero-order chi connectivity index (χ0) is 19.8. The van der Waals surface area contributed by atoms with Crippen LogP contribution in [0.25, 0.3) is 10.9 Å². The topological polar surface area (TPSA) is 65.2 Å². The van der Waals surface area contributed by atoms with E-state index in [1.165, 1.54) is 24.3 Å². The van der Waals surface area contributed by atoms with Gasteiger partial charge >= 0.3 is 0 Å². The summed E-state index contributed by atoms with van der Waals surface area (Å²) in [5.74, 6) is -0.527. The van der Waals surface area contributed by atoms with Crippen molar-refractivity contribution in [1.82, 2.24) is 9.88 Å². The highest BCUT2D eigenvalue weighted by Gasteiger charge is 2.23. The van der Waals surface area contributed by atoms with Gasteiger partial charge in [0, 0.05) is 41.8 Å². The number of benzene rings is 2. The average molecular weight is 379 g/mol. The number of amides is 1. The summed E-state index contributed by atoms with van der Waals surface area (Å²) in [4.78, 5) is 30.7. The number of pyridine rings is 1. The number of H-pyrrole nitrogens is 1. The molecule has 144 valence electrons. The van der Waals surface area contributed by atoms with Crippen molar-refractivity contribution in [1.29, 1.82) is 0 Å². The first-order valence-corrected chi connectivity index (χ1v) is 9.34. The molecule has 6 heteroatoms. The summed E-state index contributed by atoms with van der Waals surface area (Å²) in [6, 6.07) is 9.51. The molecule has 0 radical (unpaired) electrons. The second kappa shape index (κ2) is 7.20. The smallest absolute Gasteiger partial charge is 0.238 e. The number of fused-ring (bicyclic) bond motifs is 2. The number of hydrogen-bond acceptors (Lipinski definition) is 3. The Hall–Kier alpha value is -2.99. The summed E-state index contributed by atoms with van der Waals surface area (Å²) in [6.07, 6.45) is 0.692. The fourth-order valence-electron chi connectivity index (χ4n) is 3.72. The lowest BCUT2D eigenvalue weighted by Crippen LogP contribution is -2.39. The normalized spacial score (nSPS) is 14.1. The summed E-state index contributed by atoms with van der Waals surface area (Å²) >= 11 is 0. The molecule has 28 heavy (non-hydrogen) atoms. The molecule has 0 atom stereocenters. The van der Waals surface area contributed by atoms with E-state index >= 15 is 0 Å². The monoisotopic (exact) mass is 379 g/mol. The molecule has 2 N–H and O–H groups in total. The highest BCUT2D eigenvalue weighted by Crippen LogP contribution is 2.22. The molecule has 2 aromatic carbocycles. The molecule has 0 spiro atoms. The number of halogens is 1. The highest BCUT2D eigenvalue weighted by molar-refractivity contribution is 5.92. The third-order valence-corrected chi connectivity index (χ3v) is 5.45. The fraction of sp³-hybridized carbons (Fsp3) is 0.273. The van der Waals surface area contributed by atoms with Crippen molar-refractivity contribution in [3.63, 3.8) is 0 Å². The Morgan fingerprint density at radius 2 is 1.93 bits per heavy atom. The van der Waals surface area contributed by atoms with Gasteiger partial charge in [0.1, 0.15) is 5.82 Å². The van der Waals surface area contributed by atoms with E-state index in [1.54, 1.807) is 0 Å². The number of rotatable bonds is 3. The van der Waals surface area contributed by atoms with Gasteiger partial charge in [0.25, 0.3) is 0 Å². The quantitative estimate of drug-likeness (QED) is 0.734. The molecule has 2 heterocycles. The Balaban J connectivity index is 1.54. The van der Waals surface area contributed by atoms with Gasteiger partial charge in [-0.05, 0) is 55.3 Å². The number of carbonyl (C=O) groups excluding carboxylic acids is 1. The Labute approximate surface area is 162 Å². The molecule has 1 aliphatic heterocycles. The number of carbonyl (C=O) groups is 1. The standard InChI is InChI=1S/C22H22FN3O2/c1-13-3-8-17-21(14(13)2)25-19-9-10-26(11-18(19)22(17)28)12-20(27)24-16-6-4-15(23)5-7-16/h3-8H,9-12H2,1-2H3,(H,24,27)(H,25,28). The van der Waals surface area contributed by atoms with Crippen LogP contribution in [0.1, 0.15) is 22.4 Å². The summed E-state index contributed by atoms with van der Waals surface area (Å²) < 4.78 is 13.0. The molecule has 1 amide bonds. The lowest BCUT2D eigenvalue weighted by atomic mass is 9.99. The fourth-order valence-corrected chi connectivity index (χ4v) is 3.72. The molecule has 5 nitrogen and oxygen atoms in total. The van der Waals surface area contributed by atoms with Gasteiger partial charge in [-0.1, -0.05) is 6.07 Å². The van der Waals surface area contributed by atoms with Crippen LogP contribution < -0.4 is 10.7 Å². The molecule has 1 aromatic heterocycles. The zero-order valence-electron chi connectivity index (χ0n) is 15.9. The first-order valence-electron chi connectivity index (χ1n) is 9.34. The van der Waals surface area contributed by atoms with Crippen LogP contribution in [-0.4, -0.2) is 28.9 Å². The van der Waals surface area contributed by atoms with Crippen molar-refractivity contribution in [3.8, 4) is 0 Å². The maximum absolute atomic E-state index is 13.0. The Morgan fingerprint density at radius 3 is 2.68 bits per heavy atom. The van der Waals surface area contributed by atoms with Crippen molar-refractivity contribution in [2.24, 2.45) is 0 Å². The van der Waals surface area contributed by atoms with Crippen molar-refractivity contribution in [2.45, 2.75) is 26.8 Å². The van der Waals surface area contributed by atoms with E-state index in [2.05, 4.69) is 10.3 Å². The van der Waals surface area contributed by atoms with Gasteiger partial charge in [0.2, 0.25) is 5.91 Å². The molecule has 0 bridgehead atoms. The number of aryl methyl sites for hydroxylation is 2. The van der Waals surface area contributed by atoms with Crippen LogP contribution in [0.3, 0.4) is 0 Å². The average Bonchev–Trinajstić information content (AvgIpc) is 2.67. The highest BCUT2D eigenvalue weighted by atomic mass is 19.1. The first kappa shape index (κ1) is 18.4. The van der Waals surface area contributed by atoms with Crippen LogP contribution in [-0.2, 0) is 17.8 Å². The summed E-state index contributed by atoms with van der Waals surface area (Å²) in [6.45, 7) is 5.37.